The summed E-state index contributed by atoms with van der Waals surface area (Å²) in [7, 11) is -4.48. The molecular weight excluding hydrogens is 1010 g/mol. The zero-order valence-corrected chi connectivity index (χ0v) is 43.0. The Morgan fingerprint density at radius 3 is 1.20 bits per heavy atom. The molecule has 0 bridgehead atoms. The van der Waals surface area contributed by atoms with Crippen LogP contribution < -0.4 is 39.0 Å². The molecule has 8 rings (SSSR count). The highest BCUT2D eigenvalue weighted by Crippen LogP contribution is 2.41. The van der Waals surface area contributed by atoms with Gasteiger partial charge in [-0.3, -0.25) is 19.6 Å². The highest BCUT2D eigenvalue weighted by Gasteiger charge is 2.40. The van der Waals surface area contributed by atoms with Crippen LogP contribution in [0.1, 0.15) is 109 Å². The van der Waals surface area contributed by atoms with E-state index in [9.17, 15) is 36.6 Å². The number of rotatable bonds is 20. The van der Waals surface area contributed by atoms with Crippen molar-refractivity contribution in [3.63, 3.8) is 0 Å². The number of aromatic hydroxyl groups is 2. The lowest BCUT2D eigenvalue weighted by atomic mass is 9.68. The Labute approximate surface area is 447 Å². The van der Waals surface area contributed by atoms with E-state index in [4.69, 9.17) is 9.47 Å². The fraction of sp³-hybridized carbons (Fsp3) is 0.357. The molecule has 0 saturated heterocycles. The number of nitrogens with zero attached hydrogens (tertiary/aromatic N) is 2. The molecule has 6 aromatic rings. The van der Waals surface area contributed by atoms with E-state index in [2.05, 4.69) is 39.5 Å². The average molecular weight is 1080 g/mol. The summed E-state index contributed by atoms with van der Waals surface area (Å²) in [5.74, 6) is -0.556. The number of hydrogen-bond acceptors (Lipinski definition) is 12. The molecule has 408 valence electrons. The molecule has 20 heteroatoms. The van der Waals surface area contributed by atoms with Crippen LogP contribution >= 0.6 is 0 Å². The minimum absolute atomic E-state index is 0. The average Bonchev–Trinajstić information content (AvgIpc) is 3.43. The summed E-state index contributed by atoms with van der Waals surface area (Å²) in [5, 5.41) is 26.5. The van der Waals surface area contributed by atoms with Gasteiger partial charge >= 0.3 is 0 Å². The highest BCUT2D eigenvalue weighted by molar-refractivity contribution is 7.87. The number of methoxy groups -OCH3 is 2. The second kappa shape index (κ2) is 27.7. The van der Waals surface area contributed by atoms with E-state index in [0.29, 0.717) is 76.0 Å². The van der Waals surface area contributed by atoms with Gasteiger partial charge in [-0.05, 0) is 122 Å². The molecule has 76 heavy (non-hydrogen) atoms. The van der Waals surface area contributed by atoms with Crippen molar-refractivity contribution < 1.29 is 46.1 Å². The normalized spacial score (nSPS) is 19.2. The van der Waals surface area contributed by atoms with Gasteiger partial charge in [0.1, 0.15) is 34.1 Å². The van der Waals surface area contributed by atoms with Crippen LogP contribution in [-0.2, 0) is 44.3 Å². The van der Waals surface area contributed by atoms with Gasteiger partial charge in [-0.15, -0.1) is 0 Å². The number of pyridine rings is 2. The summed E-state index contributed by atoms with van der Waals surface area (Å²) < 4.78 is 71.8. The smallest absolute Gasteiger partial charge is 0.277 e. The van der Waals surface area contributed by atoms with E-state index in [0.717, 1.165) is 22.3 Å². The van der Waals surface area contributed by atoms with Gasteiger partial charge in [0.25, 0.3) is 32.2 Å². The summed E-state index contributed by atoms with van der Waals surface area (Å²) in [5.41, 5.74) is 3.24. The molecule has 2 heterocycles. The first-order valence-electron chi connectivity index (χ1n) is 24.3. The third-order valence-corrected chi connectivity index (χ3v) is 16.1. The van der Waals surface area contributed by atoms with Crippen molar-refractivity contribution >= 4 is 32.2 Å². The van der Waals surface area contributed by atoms with Crippen LogP contribution in [0, 0.1) is 0 Å². The van der Waals surface area contributed by atoms with E-state index >= 15 is 0 Å². The second-order valence-electron chi connectivity index (χ2n) is 18.5. The Morgan fingerprint density at radius 1 is 0.526 bits per heavy atom. The van der Waals surface area contributed by atoms with E-state index < -0.39 is 32.2 Å². The van der Waals surface area contributed by atoms with Crippen LogP contribution in [0.2, 0.25) is 0 Å². The van der Waals surface area contributed by atoms with Gasteiger partial charge in [-0.1, -0.05) is 87.6 Å². The van der Waals surface area contributed by atoms with Crippen LogP contribution in [0.3, 0.4) is 0 Å². The number of phenolic OH excluding ortho intramolecular Hbond substituents is 2. The van der Waals surface area contributed by atoms with Gasteiger partial charge in [0.15, 0.2) is 0 Å². The molecular formula is C56H72N8O10S2. The van der Waals surface area contributed by atoms with E-state index in [-0.39, 0.29) is 73.5 Å². The standard InChI is InChI=1S/2C27H32N4O5S.2CH4/c2*1-36-24-9-5-8-23(32)25(24)26(33)29-19-27(21-6-3-2-4-7-21)14-10-22(11-15-27)31-37(34,35)30-18-20-12-16-28-17-13-20;;/h2*2-9,12-13,16-17,22,30-32H,10-11,14-15,18-19H2,1H3,(H,29,33);2*1H4. The van der Waals surface area contributed by atoms with Crippen molar-refractivity contribution in [1.82, 2.24) is 39.5 Å². The molecule has 0 radical (unpaired) electrons. The predicted octanol–water partition coefficient (Wildman–Crippen LogP) is 7.33. The number of carbonyl (C=O) groups excluding carboxylic acids is 2. The number of carbonyl (C=O) groups is 2. The maximum Gasteiger partial charge on any atom is 0.277 e. The number of aromatic nitrogens is 2. The summed E-state index contributed by atoms with van der Waals surface area (Å²) in [6.45, 7) is 1.04. The minimum atomic E-state index is -3.69. The van der Waals surface area contributed by atoms with Gasteiger partial charge in [0.05, 0.1) is 14.2 Å². The molecule has 2 fully saturated rings. The Balaban J connectivity index is 0.000000274. The van der Waals surface area contributed by atoms with Crippen LogP contribution in [0.25, 0.3) is 0 Å². The molecule has 0 aliphatic heterocycles. The van der Waals surface area contributed by atoms with Crippen LogP contribution in [0.15, 0.2) is 146 Å². The third kappa shape index (κ3) is 16.0. The summed E-state index contributed by atoms with van der Waals surface area (Å²) in [6.07, 6.45) is 11.6. The largest absolute Gasteiger partial charge is 0.507 e. The molecule has 2 amide bonds. The highest BCUT2D eigenvalue weighted by atomic mass is 32.2. The fourth-order valence-corrected chi connectivity index (χ4v) is 11.9. The zero-order valence-electron chi connectivity index (χ0n) is 41.4. The van der Waals surface area contributed by atoms with Crippen molar-refractivity contribution in [1.29, 1.82) is 0 Å². The lowest BCUT2D eigenvalue weighted by molar-refractivity contribution is 0.0920. The molecule has 0 atom stereocenters. The third-order valence-electron chi connectivity index (χ3n) is 13.8. The Morgan fingerprint density at radius 2 is 0.868 bits per heavy atom. The lowest BCUT2D eigenvalue weighted by Gasteiger charge is -2.41. The van der Waals surface area contributed by atoms with E-state index in [1.165, 1.54) is 26.4 Å². The second-order valence-corrected chi connectivity index (χ2v) is 21.6. The van der Waals surface area contributed by atoms with Crippen molar-refractivity contribution in [3.8, 4) is 23.0 Å². The summed E-state index contributed by atoms with van der Waals surface area (Å²) >= 11 is 0. The van der Waals surface area contributed by atoms with Gasteiger partial charge in [-0.2, -0.15) is 35.7 Å². The molecule has 0 spiro atoms. The Hall–Kier alpha value is -6.94. The number of amides is 2. The molecule has 0 unspecified atom stereocenters. The Bertz CT molecular complexity index is 2800. The monoisotopic (exact) mass is 1080 g/mol. The zero-order chi connectivity index (χ0) is 52.6. The van der Waals surface area contributed by atoms with Crippen LogP contribution in [0.4, 0.5) is 0 Å². The molecule has 2 aliphatic carbocycles. The number of benzene rings is 4. The van der Waals surface area contributed by atoms with Crippen molar-refractivity contribution in [2.45, 2.75) is 102 Å². The first kappa shape index (κ1) is 59.9. The van der Waals surface area contributed by atoms with Gasteiger partial charge < -0.3 is 30.3 Å². The fourth-order valence-electron chi connectivity index (χ4n) is 9.69. The van der Waals surface area contributed by atoms with Gasteiger partial charge in [0.2, 0.25) is 0 Å². The summed E-state index contributed by atoms with van der Waals surface area (Å²) in [4.78, 5) is 34.0. The van der Waals surface area contributed by atoms with Crippen molar-refractivity contribution in [2.75, 3.05) is 27.3 Å². The topological polar surface area (TPSA) is 259 Å². The van der Waals surface area contributed by atoms with Gasteiger partial charge in [-0.25, -0.2) is 0 Å². The van der Waals surface area contributed by atoms with E-state index in [1.54, 1.807) is 73.3 Å². The minimum Gasteiger partial charge on any atom is -0.507 e. The van der Waals surface area contributed by atoms with Gasteiger partial charge in [0, 0.05) is 73.9 Å². The maximum absolute atomic E-state index is 13.0. The van der Waals surface area contributed by atoms with Crippen molar-refractivity contribution in [2.24, 2.45) is 0 Å². The van der Waals surface area contributed by atoms with Crippen LogP contribution in [-0.4, -0.2) is 88.2 Å². The molecule has 2 aliphatic rings. The van der Waals surface area contributed by atoms with Crippen LogP contribution in [0.5, 0.6) is 23.0 Å². The Kier molecular flexibility index (Phi) is 21.9. The predicted molar refractivity (Wildman–Crippen MR) is 294 cm³/mol. The molecule has 18 nitrogen and oxygen atoms in total. The summed E-state index contributed by atoms with van der Waals surface area (Å²) in [6, 6.07) is 35.8. The number of phenols is 2. The molecule has 2 saturated carbocycles. The number of ether oxygens (including phenoxy) is 2. The first-order valence-corrected chi connectivity index (χ1v) is 27.3. The molecule has 8 N–H and O–H groups in total. The van der Waals surface area contributed by atoms with Crippen molar-refractivity contribution in [3.05, 3.63) is 179 Å². The molecule has 2 aromatic heterocycles. The first-order chi connectivity index (χ1) is 35.6. The SMILES string of the molecule is C.C.COc1cccc(O)c1C(=O)NCC1(c2ccccc2)CCC(NS(=O)(=O)NCc2ccncc2)CC1.COc1cccc(O)c1C(=O)NCC1(c2ccccc2)CCC(NS(=O)(=O)NCc2ccncc2)CC1. The maximum atomic E-state index is 13.0. The molecule has 4 aromatic carbocycles. The number of nitrogens with one attached hydrogen (secondary N) is 6. The van der Waals surface area contributed by atoms with E-state index in [1.807, 2.05) is 60.7 Å². The quantitative estimate of drug-likeness (QED) is 0.0374. The lowest BCUT2D eigenvalue weighted by Crippen LogP contribution is -2.49. The number of hydrogen-bond donors (Lipinski definition) is 8.